The molecule has 19 heavy (non-hydrogen) atoms. The summed E-state index contributed by atoms with van der Waals surface area (Å²) in [6, 6.07) is 6.24. The van der Waals surface area contributed by atoms with Gasteiger partial charge in [0.25, 0.3) is 0 Å². The van der Waals surface area contributed by atoms with Gasteiger partial charge in [-0.1, -0.05) is 6.07 Å². The van der Waals surface area contributed by atoms with Crippen LogP contribution in [0.2, 0.25) is 0 Å². The molecule has 4 heteroatoms. The summed E-state index contributed by atoms with van der Waals surface area (Å²) in [4.78, 5) is 6.70. The molecule has 1 aliphatic heterocycles. The quantitative estimate of drug-likeness (QED) is 0.857. The SMILES string of the molecule is Cc1nccn1CCN1CCCc2c(N)cccc21. The molecule has 0 bridgehead atoms. The molecule has 0 fully saturated rings. The van der Waals surface area contributed by atoms with Crippen molar-refractivity contribution in [1.29, 1.82) is 0 Å². The molecule has 2 heterocycles. The molecular weight excluding hydrogens is 236 g/mol. The lowest BCUT2D eigenvalue weighted by molar-refractivity contribution is 0.613. The first-order chi connectivity index (χ1) is 9.25. The van der Waals surface area contributed by atoms with Crippen LogP contribution >= 0.6 is 0 Å². The Morgan fingerprint density at radius 2 is 2.21 bits per heavy atom. The second-order valence-corrected chi connectivity index (χ2v) is 5.10. The predicted molar refractivity (Wildman–Crippen MR) is 78.4 cm³/mol. The largest absolute Gasteiger partial charge is 0.398 e. The highest BCUT2D eigenvalue weighted by Gasteiger charge is 2.18. The second-order valence-electron chi connectivity index (χ2n) is 5.10. The van der Waals surface area contributed by atoms with Crippen LogP contribution in [0, 0.1) is 6.92 Å². The minimum absolute atomic E-state index is 0.931. The molecule has 0 amide bonds. The van der Waals surface area contributed by atoms with Crippen LogP contribution in [0.4, 0.5) is 11.4 Å². The smallest absolute Gasteiger partial charge is 0.105 e. The third kappa shape index (κ3) is 2.30. The molecule has 1 aromatic heterocycles. The van der Waals surface area contributed by atoms with E-state index in [0.29, 0.717) is 0 Å². The second kappa shape index (κ2) is 4.96. The van der Waals surface area contributed by atoms with Crippen LogP contribution in [0.5, 0.6) is 0 Å². The van der Waals surface area contributed by atoms with Gasteiger partial charge >= 0.3 is 0 Å². The highest BCUT2D eigenvalue weighted by Crippen LogP contribution is 2.30. The van der Waals surface area contributed by atoms with E-state index in [2.05, 4.69) is 26.6 Å². The molecule has 4 nitrogen and oxygen atoms in total. The number of anilines is 2. The number of hydrogen-bond donors (Lipinski definition) is 1. The van der Waals surface area contributed by atoms with E-state index in [4.69, 9.17) is 5.73 Å². The average molecular weight is 256 g/mol. The van der Waals surface area contributed by atoms with Gasteiger partial charge in [-0.15, -0.1) is 0 Å². The van der Waals surface area contributed by atoms with Gasteiger partial charge in [0.1, 0.15) is 5.82 Å². The van der Waals surface area contributed by atoms with Crippen LogP contribution in [0.1, 0.15) is 17.8 Å². The first-order valence-corrected chi connectivity index (χ1v) is 6.86. The summed E-state index contributed by atoms with van der Waals surface area (Å²) in [5, 5.41) is 0. The maximum Gasteiger partial charge on any atom is 0.105 e. The van der Waals surface area contributed by atoms with Crippen molar-refractivity contribution in [2.24, 2.45) is 0 Å². The van der Waals surface area contributed by atoms with E-state index in [-0.39, 0.29) is 0 Å². The summed E-state index contributed by atoms with van der Waals surface area (Å²) in [7, 11) is 0. The Labute approximate surface area is 113 Å². The molecule has 0 spiro atoms. The monoisotopic (exact) mass is 256 g/mol. The van der Waals surface area contributed by atoms with Gasteiger partial charge < -0.3 is 15.2 Å². The molecule has 2 N–H and O–H groups in total. The van der Waals surface area contributed by atoms with Crippen molar-refractivity contribution in [3.8, 4) is 0 Å². The highest BCUT2D eigenvalue weighted by molar-refractivity contribution is 5.66. The van der Waals surface area contributed by atoms with E-state index in [1.165, 1.54) is 17.7 Å². The maximum absolute atomic E-state index is 6.08. The summed E-state index contributed by atoms with van der Waals surface area (Å²) in [6.07, 6.45) is 6.18. The Balaban J connectivity index is 1.77. The lowest BCUT2D eigenvalue weighted by atomic mass is 10.00. The zero-order chi connectivity index (χ0) is 13.2. The lowest BCUT2D eigenvalue weighted by Gasteiger charge is -2.32. The van der Waals surface area contributed by atoms with Gasteiger partial charge in [-0.2, -0.15) is 0 Å². The van der Waals surface area contributed by atoms with Gasteiger partial charge in [-0.25, -0.2) is 4.98 Å². The van der Waals surface area contributed by atoms with E-state index in [1.54, 1.807) is 0 Å². The first-order valence-electron chi connectivity index (χ1n) is 6.86. The Morgan fingerprint density at radius 3 is 3.00 bits per heavy atom. The molecule has 1 aliphatic rings. The molecule has 0 saturated carbocycles. The highest BCUT2D eigenvalue weighted by atomic mass is 15.2. The standard InChI is InChI=1S/C15H20N4/c1-12-17-7-9-18(12)10-11-19-8-3-4-13-14(16)5-2-6-15(13)19/h2,5-7,9H,3-4,8,10-11,16H2,1H3. The van der Waals surface area contributed by atoms with Gasteiger partial charge in [-0.05, 0) is 37.5 Å². The molecule has 0 radical (unpaired) electrons. The number of fused-ring (bicyclic) bond motifs is 1. The third-order valence-electron chi connectivity index (χ3n) is 3.92. The maximum atomic E-state index is 6.08. The van der Waals surface area contributed by atoms with Gasteiger partial charge in [0.2, 0.25) is 0 Å². The number of aryl methyl sites for hydroxylation is 1. The number of nitrogen functional groups attached to an aromatic ring is 1. The van der Waals surface area contributed by atoms with E-state index >= 15 is 0 Å². The van der Waals surface area contributed by atoms with E-state index in [9.17, 15) is 0 Å². The van der Waals surface area contributed by atoms with E-state index in [1.807, 2.05) is 25.4 Å². The van der Waals surface area contributed by atoms with Crippen molar-refractivity contribution in [3.05, 3.63) is 42.0 Å². The van der Waals surface area contributed by atoms with E-state index < -0.39 is 0 Å². The zero-order valence-electron chi connectivity index (χ0n) is 11.3. The molecular formula is C15H20N4. The Bertz CT molecular complexity index is 573. The molecule has 0 atom stereocenters. The molecule has 3 rings (SSSR count). The average Bonchev–Trinajstić information content (AvgIpc) is 2.82. The lowest BCUT2D eigenvalue weighted by Crippen LogP contribution is -2.32. The number of nitrogens with zero attached hydrogens (tertiary/aromatic N) is 3. The summed E-state index contributed by atoms with van der Waals surface area (Å²) < 4.78 is 2.20. The van der Waals surface area contributed by atoms with Crippen molar-refractivity contribution < 1.29 is 0 Å². The van der Waals surface area contributed by atoms with Crippen LogP contribution < -0.4 is 10.6 Å². The number of hydrogen-bond acceptors (Lipinski definition) is 3. The minimum atomic E-state index is 0.931. The molecule has 0 unspecified atom stereocenters. The topological polar surface area (TPSA) is 47.1 Å². The predicted octanol–water partition coefficient (Wildman–Crippen LogP) is 2.23. The summed E-state index contributed by atoms with van der Waals surface area (Å²) in [5.74, 6) is 1.07. The fourth-order valence-electron chi connectivity index (χ4n) is 2.83. The van der Waals surface area contributed by atoms with Gasteiger partial charge in [0.15, 0.2) is 0 Å². The van der Waals surface area contributed by atoms with Crippen molar-refractivity contribution in [2.75, 3.05) is 23.7 Å². The Hall–Kier alpha value is -1.97. The fourth-order valence-corrected chi connectivity index (χ4v) is 2.83. The van der Waals surface area contributed by atoms with E-state index in [0.717, 1.165) is 37.6 Å². The third-order valence-corrected chi connectivity index (χ3v) is 3.92. The van der Waals surface area contributed by atoms with Crippen molar-refractivity contribution in [2.45, 2.75) is 26.3 Å². The van der Waals surface area contributed by atoms with Gasteiger partial charge in [0.05, 0.1) is 0 Å². The normalized spacial score (nSPS) is 14.5. The van der Waals surface area contributed by atoms with Crippen LogP contribution in [0.15, 0.2) is 30.6 Å². The fraction of sp³-hybridized carbons (Fsp3) is 0.400. The molecule has 1 aromatic carbocycles. The van der Waals surface area contributed by atoms with Gasteiger partial charge in [-0.3, -0.25) is 0 Å². The van der Waals surface area contributed by atoms with Crippen LogP contribution in [-0.4, -0.2) is 22.6 Å². The summed E-state index contributed by atoms with van der Waals surface area (Å²) >= 11 is 0. The number of nitrogens with two attached hydrogens (primary N) is 1. The van der Waals surface area contributed by atoms with Crippen molar-refractivity contribution >= 4 is 11.4 Å². The minimum Gasteiger partial charge on any atom is -0.398 e. The van der Waals surface area contributed by atoms with Crippen molar-refractivity contribution in [1.82, 2.24) is 9.55 Å². The number of imidazole rings is 1. The number of rotatable bonds is 3. The molecule has 2 aromatic rings. The van der Waals surface area contributed by atoms with Crippen LogP contribution in [0.25, 0.3) is 0 Å². The summed E-state index contributed by atoms with van der Waals surface area (Å²) in [6.45, 7) is 5.14. The van der Waals surface area contributed by atoms with Crippen molar-refractivity contribution in [3.63, 3.8) is 0 Å². The molecule has 0 aliphatic carbocycles. The molecule has 0 saturated heterocycles. The Morgan fingerprint density at radius 1 is 1.32 bits per heavy atom. The molecule has 100 valence electrons. The summed E-state index contributed by atoms with van der Waals surface area (Å²) in [5.41, 5.74) is 9.63. The van der Waals surface area contributed by atoms with Gasteiger partial charge in [0, 0.05) is 43.4 Å². The zero-order valence-corrected chi connectivity index (χ0v) is 11.3. The Kier molecular flexibility index (Phi) is 3.15. The first kappa shape index (κ1) is 12.1. The number of aromatic nitrogens is 2. The van der Waals surface area contributed by atoms with Crippen LogP contribution in [-0.2, 0) is 13.0 Å². The number of benzene rings is 1. The van der Waals surface area contributed by atoms with Crippen LogP contribution in [0.3, 0.4) is 0 Å².